The third-order valence-electron chi connectivity index (χ3n) is 9.21. The van der Waals surface area contributed by atoms with E-state index in [2.05, 4.69) is 0 Å². The molecule has 1 heterocycles. The minimum absolute atomic E-state index is 0.00505. The minimum Gasteiger partial charge on any atom is -0.488 e. The number of aliphatic carboxylic acids is 4. The molecular formula is C42H46N5O12+. The molecule has 6 N–H and O–H groups in total. The van der Waals surface area contributed by atoms with Crippen LogP contribution in [-0.2, 0) is 19.2 Å². The third-order valence-corrected chi connectivity index (χ3v) is 9.21. The highest BCUT2D eigenvalue weighted by Gasteiger charge is 2.24. The molecule has 0 amide bonds. The number of nitrogens with zero attached hydrogens (tertiary/aromatic N) is 4. The Bertz CT molecular complexity index is 2410. The second kappa shape index (κ2) is 18.9. The van der Waals surface area contributed by atoms with E-state index >= 15 is 0 Å². The molecular weight excluding hydrogens is 766 g/mol. The minimum atomic E-state index is -1.32. The second-order valence-electron chi connectivity index (χ2n) is 13.9. The summed E-state index contributed by atoms with van der Waals surface area (Å²) >= 11 is 0. The number of fused-ring (bicyclic) bond motifs is 2. The van der Waals surface area contributed by atoms with Crippen molar-refractivity contribution in [1.29, 1.82) is 0 Å². The number of hydrogen-bond acceptors (Lipinski definition) is 12. The largest absolute Gasteiger partial charge is 0.488 e. The molecule has 59 heavy (non-hydrogen) atoms. The lowest BCUT2D eigenvalue weighted by atomic mass is 9.93. The van der Waals surface area contributed by atoms with Crippen LogP contribution in [0.15, 0.2) is 77.2 Å². The predicted molar refractivity (Wildman–Crippen MR) is 220 cm³/mol. The van der Waals surface area contributed by atoms with Crippen molar-refractivity contribution in [3.05, 3.63) is 83.7 Å². The first-order chi connectivity index (χ1) is 28.1. The van der Waals surface area contributed by atoms with Gasteiger partial charge in [-0.15, -0.1) is 0 Å². The van der Waals surface area contributed by atoms with Crippen LogP contribution in [0, 0.1) is 0 Å². The number of nitrogens with two attached hydrogens (primary N) is 1. The Morgan fingerprint density at radius 1 is 0.695 bits per heavy atom. The molecule has 0 fully saturated rings. The summed E-state index contributed by atoms with van der Waals surface area (Å²) in [5.41, 5.74) is 9.65. The van der Waals surface area contributed by atoms with Crippen LogP contribution in [0.1, 0.15) is 16.8 Å². The molecule has 5 rings (SSSR count). The zero-order chi connectivity index (χ0) is 43.0. The molecule has 0 atom stereocenters. The van der Waals surface area contributed by atoms with E-state index in [4.69, 9.17) is 19.6 Å². The number of Topliss-reactive ketones (excluding diaryl/α,β-unsaturated/α-hetero) is 1. The molecule has 1 aliphatic carbocycles. The fraction of sp³-hybridized carbons (Fsp3) is 0.286. The van der Waals surface area contributed by atoms with Crippen molar-refractivity contribution in [1.82, 2.24) is 4.58 Å². The van der Waals surface area contributed by atoms with Gasteiger partial charge in [0, 0.05) is 60.4 Å². The Hall–Kier alpha value is -7.14. The van der Waals surface area contributed by atoms with Crippen LogP contribution in [0.3, 0.4) is 0 Å². The van der Waals surface area contributed by atoms with E-state index in [-0.39, 0.29) is 60.4 Å². The topological polar surface area (TPSA) is 237 Å². The lowest BCUT2D eigenvalue weighted by Gasteiger charge is -2.25. The average molecular weight is 813 g/mol. The molecule has 17 nitrogen and oxygen atoms in total. The Labute approximate surface area is 338 Å². The lowest BCUT2D eigenvalue weighted by molar-refractivity contribution is -0.138. The molecule has 0 spiro atoms. The van der Waals surface area contributed by atoms with E-state index < -0.39 is 50.1 Å². The molecule has 0 saturated heterocycles. The molecule has 2 aliphatic rings. The van der Waals surface area contributed by atoms with Crippen molar-refractivity contribution >= 4 is 57.7 Å². The summed E-state index contributed by atoms with van der Waals surface area (Å²) < 4.78 is 20.7. The van der Waals surface area contributed by atoms with Gasteiger partial charge in [-0.05, 0) is 60.6 Å². The highest BCUT2D eigenvalue weighted by Crippen LogP contribution is 2.43. The van der Waals surface area contributed by atoms with E-state index in [0.717, 1.165) is 37.4 Å². The molecule has 310 valence electrons. The molecule has 3 aromatic rings. The Balaban J connectivity index is 1.59. The molecule has 0 aromatic heterocycles. The maximum Gasteiger partial charge on any atom is 0.323 e. The van der Waals surface area contributed by atoms with Crippen LogP contribution in [0.5, 0.6) is 11.5 Å². The summed E-state index contributed by atoms with van der Waals surface area (Å²) in [7, 11) is 7.67. The van der Waals surface area contributed by atoms with Crippen molar-refractivity contribution in [2.75, 3.05) is 88.8 Å². The van der Waals surface area contributed by atoms with Crippen molar-refractivity contribution in [3.63, 3.8) is 0 Å². The zero-order valence-corrected chi connectivity index (χ0v) is 33.0. The van der Waals surface area contributed by atoms with Gasteiger partial charge in [0.1, 0.15) is 76.3 Å². The maximum atomic E-state index is 12.7. The Morgan fingerprint density at radius 3 is 1.88 bits per heavy atom. The monoisotopic (exact) mass is 812 g/mol. The number of ether oxygens (including phenoxy) is 2. The summed E-state index contributed by atoms with van der Waals surface area (Å²) in [5, 5.41) is 40.2. The van der Waals surface area contributed by atoms with Gasteiger partial charge in [-0.2, -0.15) is 0 Å². The summed E-state index contributed by atoms with van der Waals surface area (Å²) in [5.74, 6) is -4.72. The van der Waals surface area contributed by atoms with Gasteiger partial charge in [-0.3, -0.25) is 24.0 Å². The van der Waals surface area contributed by atoms with Gasteiger partial charge in [0.25, 0.3) is 0 Å². The molecule has 0 radical (unpaired) electrons. The predicted octanol–water partition coefficient (Wildman–Crippen LogP) is 3.24. The van der Waals surface area contributed by atoms with Crippen LogP contribution in [0.2, 0.25) is 0 Å². The van der Waals surface area contributed by atoms with Gasteiger partial charge in [-0.1, -0.05) is 6.07 Å². The normalized spacial score (nSPS) is 10.9. The van der Waals surface area contributed by atoms with Crippen LogP contribution < -0.4 is 39.8 Å². The molecule has 1 aliphatic heterocycles. The van der Waals surface area contributed by atoms with Gasteiger partial charge in [0.2, 0.25) is 5.36 Å². The van der Waals surface area contributed by atoms with Gasteiger partial charge in [0.05, 0.1) is 17.4 Å². The molecule has 17 heteroatoms. The fourth-order valence-corrected chi connectivity index (χ4v) is 6.53. The Morgan fingerprint density at radius 2 is 1.31 bits per heavy atom. The van der Waals surface area contributed by atoms with E-state index in [9.17, 15) is 44.4 Å². The zero-order valence-electron chi connectivity index (χ0n) is 33.0. The fourth-order valence-electron chi connectivity index (χ4n) is 6.53. The SMILES string of the molecule is CN(C)c1ccc2c(-c3ccc(N(CC(=O)O)CC(=O)O)c(OCCOc4ccc(C(=O)CCN)cc4N(CC(=O)O)CC(=O)O)c3)c3ccc(=[N+](C)C)cc-3oc2c1. The summed E-state index contributed by atoms with van der Waals surface area (Å²) in [6.07, 6.45) is 0.00505. The van der Waals surface area contributed by atoms with Gasteiger partial charge in [0.15, 0.2) is 5.78 Å². The number of hydrogen-bond donors (Lipinski definition) is 5. The van der Waals surface area contributed by atoms with Gasteiger partial charge >= 0.3 is 23.9 Å². The van der Waals surface area contributed by atoms with Crippen molar-refractivity contribution < 1.29 is 58.3 Å². The number of anilines is 3. The van der Waals surface area contributed by atoms with E-state index in [0.29, 0.717) is 16.9 Å². The number of benzene rings is 4. The van der Waals surface area contributed by atoms with E-state index in [1.54, 1.807) is 18.2 Å². The van der Waals surface area contributed by atoms with Crippen molar-refractivity contribution in [3.8, 4) is 33.9 Å². The van der Waals surface area contributed by atoms with Crippen LogP contribution in [0.4, 0.5) is 17.1 Å². The summed E-state index contributed by atoms with van der Waals surface area (Å²) in [4.78, 5) is 64.2. The number of carbonyl (C=O) groups excluding carboxylic acids is 1. The van der Waals surface area contributed by atoms with Gasteiger partial charge < -0.3 is 54.8 Å². The lowest BCUT2D eigenvalue weighted by Crippen LogP contribution is -2.35. The van der Waals surface area contributed by atoms with Gasteiger partial charge in [-0.25, -0.2) is 4.58 Å². The number of carboxylic acid groups (broad SMARTS) is 4. The quantitative estimate of drug-likeness (QED) is 0.0328. The second-order valence-corrected chi connectivity index (χ2v) is 13.9. The molecule has 0 unspecified atom stereocenters. The number of rotatable bonds is 20. The molecule has 3 aromatic carbocycles. The summed E-state index contributed by atoms with van der Waals surface area (Å²) in [6, 6.07) is 20.9. The van der Waals surface area contributed by atoms with Crippen LogP contribution in [-0.4, -0.2) is 124 Å². The molecule has 0 bridgehead atoms. The average Bonchev–Trinajstić information content (AvgIpc) is 3.16. The van der Waals surface area contributed by atoms with Crippen molar-refractivity contribution in [2.45, 2.75) is 6.42 Å². The van der Waals surface area contributed by atoms with Crippen LogP contribution >= 0.6 is 0 Å². The Kier molecular flexibility index (Phi) is 13.7. The third kappa shape index (κ3) is 10.6. The smallest absolute Gasteiger partial charge is 0.323 e. The van der Waals surface area contributed by atoms with Crippen molar-refractivity contribution in [2.24, 2.45) is 5.73 Å². The number of carbonyl (C=O) groups is 5. The highest BCUT2D eigenvalue weighted by molar-refractivity contribution is 6.03. The first-order valence-corrected chi connectivity index (χ1v) is 18.4. The van der Waals surface area contributed by atoms with E-state index in [1.165, 1.54) is 18.2 Å². The van der Waals surface area contributed by atoms with E-state index in [1.807, 2.05) is 74.1 Å². The number of carboxylic acids is 4. The highest BCUT2D eigenvalue weighted by atomic mass is 16.5. The maximum absolute atomic E-state index is 12.7. The standard InChI is InChI=1S/C42H45N5O12/c1-44(2)27-7-9-29-35(19-27)59-36-20-28(45(3)4)8-10-30(36)42(29)26-5-11-31(46(21-38(49)50)22-39(51)52)37(18-26)58-16-15-57-34-12-6-25(33(48)13-14-43)17-32(34)47(23-40(53)54)24-41(55)56/h5-12,17-20H,13-16,21-24,43H2,1-4H3,(H3-,49,50,51,52,53,54,55,56)/p+1. The number of ketones is 1. The summed E-state index contributed by atoms with van der Waals surface area (Å²) in [6.45, 7) is -3.06. The van der Waals surface area contributed by atoms with Crippen LogP contribution in [0.25, 0.3) is 33.4 Å². The first kappa shape index (κ1) is 43.0. The first-order valence-electron chi connectivity index (χ1n) is 18.4. The molecule has 0 saturated carbocycles.